The minimum atomic E-state index is -0.870. The minimum absolute atomic E-state index is 0.0807. The number of halogens is 1. The van der Waals surface area contributed by atoms with Crippen molar-refractivity contribution in [1.82, 2.24) is 4.90 Å². The average Bonchev–Trinajstić information content (AvgIpc) is 2.74. The van der Waals surface area contributed by atoms with Crippen LogP contribution in [0.4, 0.5) is 15.8 Å². The number of amides is 1. The van der Waals surface area contributed by atoms with E-state index in [2.05, 4.69) is 5.32 Å². The van der Waals surface area contributed by atoms with Crippen LogP contribution in [-0.4, -0.2) is 41.5 Å². The molecule has 1 amide bonds. The molecule has 2 rings (SSSR count). The number of likely N-dealkylation sites (tertiary alicyclic amines) is 1. The summed E-state index contributed by atoms with van der Waals surface area (Å²) in [5.41, 5.74) is 0.290. The van der Waals surface area contributed by atoms with Gasteiger partial charge in [0.05, 0.1) is 11.5 Å². The monoisotopic (exact) mass is 267 g/mol. The molecule has 6 nitrogen and oxygen atoms in total. The molecular formula is C12H14FN3O3. The summed E-state index contributed by atoms with van der Waals surface area (Å²) in [6.45, 7) is 0.926. The topological polar surface area (TPSA) is 75.5 Å². The molecule has 0 saturated carbocycles. The van der Waals surface area contributed by atoms with Gasteiger partial charge in [0, 0.05) is 30.9 Å². The lowest BCUT2D eigenvalue weighted by molar-refractivity contribution is -0.384. The summed E-state index contributed by atoms with van der Waals surface area (Å²) >= 11 is 0. The van der Waals surface area contributed by atoms with Crippen molar-refractivity contribution in [3.63, 3.8) is 0 Å². The summed E-state index contributed by atoms with van der Waals surface area (Å²) in [7, 11) is 0. The number of carbonyl (C=O) groups excluding carboxylic acids is 1. The molecule has 1 N–H and O–H groups in total. The first-order valence-electron chi connectivity index (χ1n) is 5.95. The van der Waals surface area contributed by atoms with Gasteiger partial charge in [-0.1, -0.05) is 6.07 Å². The zero-order chi connectivity index (χ0) is 13.8. The standard InChI is InChI=1S/C12H14FN3O3/c13-9-4-5-15(7-9)8-12(17)14-10-2-1-3-11(6-10)16(18)19/h1-3,6,9H,4-5,7-8H2,(H,14,17). The van der Waals surface area contributed by atoms with Crippen molar-refractivity contribution in [3.8, 4) is 0 Å². The number of nitro benzene ring substituents is 1. The Balaban J connectivity index is 1.91. The molecule has 1 saturated heterocycles. The fraction of sp³-hybridized carbons (Fsp3) is 0.417. The van der Waals surface area contributed by atoms with E-state index in [1.807, 2.05) is 0 Å². The fourth-order valence-electron chi connectivity index (χ4n) is 2.03. The molecule has 1 fully saturated rings. The van der Waals surface area contributed by atoms with Crippen LogP contribution < -0.4 is 5.32 Å². The van der Waals surface area contributed by atoms with E-state index in [0.29, 0.717) is 18.7 Å². The number of anilines is 1. The van der Waals surface area contributed by atoms with E-state index in [4.69, 9.17) is 0 Å². The molecule has 1 aliphatic heterocycles. The SMILES string of the molecule is O=C(CN1CCC(F)C1)Nc1cccc([N+](=O)[O-])c1. The predicted molar refractivity (Wildman–Crippen MR) is 67.7 cm³/mol. The van der Waals surface area contributed by atoms with E-state index in [0.717, 1.165) is 0 Å². The summed E-state index contributed by atoms with van der Waals surface area (Å²) in [6, 6.07) is 5.72. The van der Waals surface area contributed by atoms with Gasteiger partial charge < -0.3 is 5.32 Å². The minimum Gasteiger partial charge on any atom is -0.325 e. The van der Waals surface area contributed by atoms with Crippen LogP contribution in [0.2, 0.25) is 0 Å². The van der Waals surface area contributed by atoms with Gasteiger partial charge in [0.15, 0.2) is 0 Å². The second-order valence-electron chi connectivity index (χ2n) is 4.48. The first-order valence-corrected chi connectivity index (χ1v) is 5.95. The lowest BCUT2D eigenvalue weighted by Gasteiger charge is -2.13. The zero-order valence-corrected chi connectivity index (χ0v) is 10.2. The number of hydrogen-bond acceptors (Lipinski definition) is 4. The molecule has 1 unspecified atom stereocenters. The van der Waals surface area contributed by atoms with Crippen molar-refractivity contribution >= 4 is 17.3 Å². The number of hydrogen-bond donors (Lipinski definition) is 1. The molecular weight excluding hydrogens is 253 g/mol. The van der Waals surface area contributed by atoms with E-state index in [1.165, 1.54) is 18.2 Å². The number of nitro groups is 1. The zero-order valence-electron chi connectivity index (χ0n) is 10.2. The first kappa shape index (κ1) is 13.4. The summed E-state index contributed by atoms with van der Waals surface area (Å²) in [4.78, 5) is 23.5. The third kappa shape index (κ3) is 3.72. The highest BCUT2D eigenvalue weighted by Gasteiger charge is 2.23. The number of rotatable bonds is 4. The Morgan fingerprint density at radius 1 is 1.58 bits per heavy atom. The van der Waals surface area contributed by atoms with E-state index in [1.54, 1.807) is 11.0 Å². The van der Waals surface area contributed by atoms with Gasteiger partial charge in [0.2, 0.25) is 5.91 Å². The highest BCUT2D eigenvalue weighted by molar-refractivity contribution is 5.92. The Kier molecular flexibility index (Phi) is 4.06. The third-order valence-corrected chi connectivity index (χ3v) is 2.92. The van der Waals surface area contributed by atoms with Gasteiger partial charge in [-0.05, 0) is 12.5 Å². The van der Waals surface area contributed by atoms with E-state index < -0.39 is 11.1 Å². The Bertz CT molecular complexity index is 495. The van der Waals surface area contributed by atoms with Crippen LogP contribution in [0.3, 0.4) is 0 Å². The molecule has 1 atom stereocenters. The Morgan fingerprint density at radius 2 is 2.37 bits per heavy atom. The van der Waals surface area contributed by atoms with Crippen LogP contribution in [0.5, 0.6) is 0 Å². The molecule has 0 radical (unpaired) electrons. The molecule has 0 aromatic heterocycles. The third-order valence-electron chi connectivity index (χ3n) is 2.92. The molecule has 1 heterocycles. The van der Waals surface area contributed by atoms with Crippen molar-refractivity contribution in [2.75, 3.05) is 25.0 Å². The van der Waals surface area contributed by atoms with Gasteiger partial charge in [-0.3, -0.25) is 19.8 Å². The summed E-state index contributed by atoms with van der Waals surface area (Å²) in [5, 5.41) is 13.2. The van der Waals surface area contributed by atoms with Gasteiger partial charge in [-0.15, -0.1) is 0 Å². The Labute approximate surface area is 109 Å². The molecule has 1 aromatic carbocycles. The number of nitrogens with zero attached hydrogens (tertiary/aromatic N) is 2. The van der Waals surface area contributed by atoms with E-state index in [9.17, 15) is 19.3 Å². The van der Waals surface area contributed by atoms with Crippen molar-refractivity contribution in [3.05, 3.63) is 34.4 Å². The molecule has 1 aromatic rings. The van der Waals surface area contributed by atoms with Gasteiger partial charge in [0.1, 0.15) is 6.17 Å². The molecule has 0 aliphatic carbocycles. The summed E-state index contributed by atoms with van der Waals surface area (Å²) in [6.07, 6.45) is -0.421. The van der Waals surface area contributed by atoms with Gasteiger partial charge in [-0.25, -0.2) is 4.39 Å². The van der Waals surface area contributed by atoms with Crippen LogP contribution in [-0.2, 0) is 4.79 Å². The molecule has 19 heavy (non-hydrogen) atoms. The van der Waals surface area contributed by atoms with Crippen LogP contribution in [0.1, 0.15) is 6.42 Å². The lowest BCUT2D eigenvalue weighted by atomic mass is 10.3. The van der Waals surface area contributed by atoms with Crippen LogP contribution in [0.15, 0.2) is 24.3 Å². The first-order chi connectivity index (χ1) is 9.04. The maximum Gasteiger partial charge on any atom is 0.271 e. The van der Waals surface area contributed by atoms with E-state index in [-0.39, 0.29) is 24.7 Å². The molecule has 0 spiro atoms. The normalized spacial score (nSPS) is 19.3. The number of alkyl halides is 1. The van der Waals surface area contributed by atoms with Crippen LogP contribution >= 0.6 is 0 Å². The summed E-state index contributed by atoms with van der Waals surface area (Å²) in [5.74, 6) is -0.297. The summed E-state index contributed by atoms with van der Waals surface area (Å²) < 4.78 is 12.9. The van der Waals surface area contributed by atoms with Crippen molar-refractivity contribution < 1.29 is 14.1 Å². The average molecular weight is 267 g/mol. The molecule has 7 heteroatoms. The van der Waals surface area contributed by atoms with Crippen molar-refractivity contribution in [2.24, 2.45) is 0 Å². The quantitative estimate of drug-likeness (QED) is 0.663. The Hall–Kier alpha value is -2.02. The van der Waals surface area contributed by atoms with Crippen molar-refractivity contribution in [1.29, 1.82) is 0 Å². The maximum atomic E-state index is 12.9. The van der Waals surface area contributed by atoms with Crippen molar-refractivity contribution in [2.45, 2.75) is 12.6 Å². The number of benzene rings is 1. The second-order valence-corrected chi connectivity index (χ2v) is 4.48. The van der Waals surface area contributed by atoms with Gasteiger partial charge in [-0.2, -0.15) is 0 Å². The van der Waals surface area contributed by atoms with Gasteiger partial charge in [0.25, 0.3) is 5.69 Å². The number of nitrogens with one attached hydrogen (secondary N) is 1. The highest BCUT2D eigenvalue weighted by atomic mass is 19.1. The predicted octanol–water partition coefficient (Wildman–Crippen LogP) is 1.58. The highest BCUT2D eigenvalue weighted by Crippen LogP contribution is 2.17. The maximum absolute atomic E-state index is 12.9. The second kappa shape index (κ2) is 5.75. The largest absolute Gasteiger partial charge is 0.325 e. The Morgan fingerprint density at radius 3 is 3.00 bits per heavy atom. The molecule has 102 valence electrons. The fourth-order valence-corrected chi connectivity index (χ4v) is 2.03. The van der Waals surface area contributed by atoms with E-state index >= 15 is 0 Å². The molecule has 1 aliphatic rings. The van der Waals surface area contributed by atoms with Gasteiger partial charge >= 0.3 is 0 Å². The number of carbonyl (C=O) groups is 1. The lowest BCUT2D eigenvalue weighted by Crippen LogP contribution is -2.31. The van der Waals surface area contributed by atoms with Crippen LogP contribution in [0, 0.1) is 10.1 Å². The number of non-ortho nitro benzene ring substituents is 1. The van der Waals surface area contributed by atoms with Crippen LogP contribution in [0.25, 0.3) is 0 Å². The smallest absolute Gasteiger partial charge is 0.271 e. The molecule has 0 bridgehead atoms.